The van der Waals surface area contributed by atoms with Crippen LogP contribution < -0.4 is 5.73 Å². The lowest BCUT2D eigenvalue weighted by Crippen LogP contribution is -2.21. The molecule has 0 spiro atoms. The normalized spacial score (nSPS) is 12.5. The molecule has 1 amide bonds. The van der Waals surface area contributed by atoms with E-state index < -0.39 is 0 Å². The Morgan fingerprint density at radius 3 is 1.96 bits per heavy atom. The summed E-state index contributed by atoms with van der Waals surface area (Å²) in [5, 5.41) is 0. The summed E-state index contributed by atoms with van der Waals surface area (Å²) < 4.78 is 0. The minimum absolute atomic E-state index is 0.131. The second-order valence-corrected chi connectivity index (χ2v) is 7.39. The van der Waals surface area contributed by atoms with Crippen molar-refractivity contribution in [1.82, 2.24) is 0 Å². The van der Waals surface area contributed by atoms with Crippen molar-refractivity contribution in [2.75, 3.05) is 0 Å². The van der Waals surface area contributed by atoms with Crippen LogP contribution >= 0.6 is 0 Å². The molecule has 1 unspecified atom stereocenters. The van der Waals surface area contributed by atoms with Gasteiger partial charge in [-0.2, -0.15) is 0 Å². The Hall–Kier alpha value is -1.57. The van der Waals surface area contributed by atoms with Crippen molar-refractivity contribution in [3.63, 3.8) is 0 Å². The minimum Gasteiger partial charge on any atom is -0.369 e. The summed E-state index contributed by atoms with van der Waals surface area (Å²) in [5.74, 6) is -0.331. The quantitative estimate of drug-likeness (QED) is 0.254. The molecular formula is C24H39NO. The number of unbranched alkanes of at least 4 members (excludes halogenated alkanes) is 10. The second-order valence-electron chi connectivity index (χ2n) is 7.39. The van der Waals surface area contributed by atoms with Crippen LogP contribution in [0.5, 0.6) is 0 Å². The first kappa shape index (κ1) is 22.5. The Balaban J connectivity index is 2.00. The van der Waals surface area contributed by atoms with Crippen LogP contribution in [0.25, 0.3) is 0 Å². The van der Waals surface area contributed by atoms with Crippen molar-refractivity contribution in [3.05, 3.63) is 48.0 Å². The van der Waals surface area contributed by atoms with Gasteiger partial charge in [-0.3, -0.25) is 4.79 Å². The van der Waals surface area contributed by atoms with E-state index in [0.29, 0.717) is 0 Å². The molecule has 26 heavy (non-hydrogen) atoms. The van der Waals surface area contributed by atoms with Gasteiger partial charge in [0, 0.05) is 0 Å². The lowest BCUT2D eigenvalue weighted by molar-refractivity contribution is -0.119. The van der Waals surface area contributed by atoms with Gasteiger partial charge in [-0.25, -0.2) is 0 Å². The predicted octanol–water partition coefficient (Wildman–Crippen LogP) is 6.90. The zero-order valence-corrected chi connectivity index (χ0v) is 16.8. The number of benzene rings is 1. The number of hydrogen-bond donors (Lipinski definition) is 1. The zero-order chi connectivity index (χ0) is 18.9. The highest BCUT2D eigenvalue weighted by Gasteiger charge is 2.16. The molecule has 2 heteroatoms. The van der Waals surface area contributed by atoms with Gasteiger partial charge in [0.25, 0.3) is 0 Å². The number of carbonyl (C=O) groups excluding carboxylic acids is 1. The van der Waals surface area contributed by atoms with E-state index in [0.717, 1.165) is 18.4 Å². The largest absolute Gasteiger partial charge is 0.369 e. The summed E-state index contributed by atoms with van der Waals surface area (Å²) in [7, 11) is 0. The molecule has 0 aliphatic carbocycles. The number of nitrogens with two attached hydrogens (primary N) is 1. The van der Waals surface area contributed by atoms with E-state index >= 15 is 0 Å². The van der Waals surface area contributed by atoms with Crippen LogP contribution in [0.1, 0.15) is 102 Å². The third-order valence-electron chi connectivity index (χ3n) is 5.05. The van der Waals surface area contributed by atoms with Gasteiger partial charge in [-0.1, -0.05) is 101 Å². The molecule has 2 N–H and O–H groups in total. The Bertz CT molecular complexity index is 480. The molecule has 0 saturated heterocycles. The summed E-state index contributed by atoms with van der Waals surface area (Å²) in [6.45, 7) is 2.27. The summed E-state index contributed by atoms with van der Waals surface area (Å²) in [6, 6.07) is 9.93. The molecule has 0 aliphatic rings. The van der Waals surface area contributed by atoms with Crippen molar-refractivity contribution >= 4 is 5.91 Å². The van der Waals surface area contributed by atoms with Crippen molar-refractivity contribution in [3.8, 4) is 0 Å². The Kier molecular flexibility index (Phi) is 13.5. The van der Waals surface area contributed by atoms with E-state index in [1.54, 1.807) is 0 Å². The standard InChI is InChI=1S/C24H39NO/c1-2-3-4-5-6-7-8-9-10-11-12-13-14-18-21-23(24(25)26)22-19-16-15-17-20-22/h9-10,15-17,19-20,23H,2-8,11-14,18,21H2,1H3,(H2,25,26)/b10-9-. The van der Waals surface area contributed by atoms with Crippen LogP contribution in [0.2, 0.25) is 0 Å². The predicted molar refractivity (Wildman–Crippen MR) is 113 cm³/mol. The Morgan fingerprint density at radius 2 is 1.38 bits per heavy atom. The van der Waals surface area contributed by atoms with Gasteiger partial charge in [0.15, 0.2) is 0 Å². The average molecular weight is 358 g/mol. The van der Waals surface area contributed by atoms with Gasteiger partial charge in [-0.05, 0) is 37.7 Å². The van der Waals surface area contributed by atoms with Crippen molar-refractivity contribution in [1.29, 1.82) is 0 Å². The van der Waals surface area contributed by atoms with E-state index in [2.05, 4.69) is 19.1 Å². The van der Waals surface area contributed by atoms with E-state index in [4.69, 9.17) is 5.73 Å². The minimum atomic E-state index is -0.200. The third-order valence-corrected chi connectivity index (χ3v) is 5.05. The summed E-state index contributed by atoms with van der Waals surface area (Å²) in [4.78, 5) is 11.7. The molecule has 1 aromatic rings. The first-order valence-electron chi connectivity index (χ1n) is 10.7. The molecule has 0 aromatic heterocycles. The molecule has 0 radical (unpaired) electrons. The topological polar surface area (TPSA) is 43.1 Å². The first-order valence-corrected chi connectivity index (χ1v) is 10.7. The van der Waals surface area contributed by atoms with Crippen molar-refractivity contribution in [2.45, 2.75) is 96.3 Å². The van der Waals surface area contributed by atoms with Crippen LogP contribution in [0.3, 0.4) is 0 Å². The maximum Gasteiger partial charge on any atom is 0.224 e. The van der Waals surface area contributed by atoms with Gasteiger partial charge in [0.05, 0.1) is 5.92 Å². The van der Waals surface area contributed by atoms with Gasteiger partial charge < -0.3 is 5.73 Å². The molecule has 0 fully saturated rings. The fourth-order valence-electron chi connectivity index (χ4n) is 3.40. The maximum absolute atomic E-state index is 11.7. The number of rotatable bonds is 16. The van der Waals surface area contributed by atoms with Gasteiger partial charge in [-0.15, -0.1) is 0 Å². The molecule has 2 nitrogen and oxygen atoms in total. The van der Waals surface area contributed by atoms with Crippen LogP contribution in [-0.4, -0.2) is 5.91 Å². The van der Waals surface area contributed by atoms with E-state index in [1.165, 1.54) is 70.6 Å². The van der Waals surface area contributed by atoms with Crippen LogP contribution in [-0.2, 0) is 4.79 Å². The van der Waals surface area contributed by atoms with E-state index in [-0.39, 0.29) is 11.8 Å². The number of carbonyl (C=O) groups is 1. The Morgan fingerprint density at radius 1 is 0.846 bits per heavy atom. The second kappa shape index (κ2) is 15.7. The molecule has 0 aliphatic heterocycles. The maximum atomic E-state index is 11.7. The average Bonchev–Trinajstić information content (AvgIpc) is 2.65. The summed E-state index contributed by atoms with van der Waals surface area (Å²) >= 11 is 0. The molecule has 1 rings (SSSR count). The first-order chi connectivity index (χ1) is 12.8. The molecule has 0 heterocycles. The number of amides is 1. The van der Waals surface area contributed by atoms with E-state index in [9.17, 15) is 4.79 Å². The molecule has 0 bridgehead atoms. The fraction of sp³-hybridized carbons (Fsp3) is 0.625. The van der Waals surface area contributed by atoms with Crippen LogP contribution in [0.15, 0.2) is 42.5 Å². The molecule has 146 valence electrons. The highest BCUT2D eigenvalue weighted by atomic mass is 16.1. The summed E-state index contributed by atoms with van der Waals surface area (Å²) in [5.41, 5.74) is 6.63. The summed E-state index contributed by atoms with van der Waals surface area (Å²) in [6.07, 6.45) is 21.0. The highest BCUT2D eigenvalue weighted by molar-refractivity contribution is 5.81. The smallest absolute Gasteiger partial charge is 0.224 e. The zero-order valence-electron chi connectivity index (χ0n) is 16.8. The molecule has 1 atom stereocenters. The Labute approximate surface area is 161 Å². The van der Waals surface area contributed by atoms with E-state index in [1.807, 2.05) is 30.3 Å². The lowest BCUT2D eigenvalue weighted by Gasteiger charge is -2.13. The monoisotopic (exact) mass is 357 g/mol. The molecule has 1 aromatic carbocycles. The van der Waals surface area contributed by atoms with Gasteiger partial charge >= 0.3 is 0 Å². The SMILES string of the molecule is CCCCCCCC/C=C\CCCCCCC(C(N)=O)c1ccccc1. The number of hydrogen-bond acceptors (Lipinski definition) is 1. The van der Waals surface area contributed by atoms with Crippen molar-refractivity contribution < 1.29 is 4.79 Å². The molecule has 0 saturated carbocycles. The van der Waals surface area contributed by atoms with Crippen LogP contribution in [0, 0.1) is 0 Å². The van der Waals surface area contributed by atoms with Crippen LogP contribution in [0.4, 0.5) is 0 Å². The van der Waals surface area contributed by atoms with Gasteiger partial charge in [0.1, 0.15) is 0 Å². The fourth-order valence-corrected chi connectivity index (χ4v) is 3.40. The lowest BCUT2D eigenvalue weighted by atomic mass is 9.92. The number of primary amides is 1. The third kappa shape index (κ3) is 11.1. The highest BCUT2D eigenvalue weighted by Crippen LogP contribution is 2.22. The van der Waals surface area contributed by atoms with Gasteiger partial charge in [0.2, 0.25) is 5.91 Å². The van der Waals surface area contributed by atoms with Crippen molar-refractivity contribution in [2.24, 2.45) is 5.73 Å². The number of allylic oxidation sites excluding steroid dienone is 2. The molecular weight excluding hydrogens is 318 g/mol.